The van der Waals surface area contributed by atoms with E-state index in [9.17, 15) is 9.18 Å². The van der Waals surface area contributed by atoms with Crippen LogP contribution in [0.1, 0.15) is 12.0 Å². The van der Waals surface area contributed by atoms with Gasteiger partial charge in [0.1, 0.15) is 19.0 Å². The number of nitrogens with zero attached hydrogens (tertiary/aromatic N) is 2. The summed E-state index contributed by atoms with van der Waals surface area (Å²) in [6.07, 6.45) is 0.988. The number of hydrogen-bond acceptors (Lipinski definition) is 5. The van der Waals surface area contributed by atoms with Gasteiger partial charge in [-0.3, -0.25) is 14.6 Å². The molecule has 0 aliphatic carbocycles. The SMILES string of the molecule is O=C(CN1CCCN(Cc2ccc(F)cc2)CC1)Nc1cc2c(cc1Br)OCCO2. The summed E-state index contributed by atoms with van der Waals surface area (Å²) >= 11 is 3.49. The van der Waals surface area contributed by atoms with E-state index in [2.05, 4.69) is 31.0 Å². The van der Waals surface area contributed by atoms with Crippen molar-refractivity contribution in [3.05, 3.63) is 52.3 Å². The molecule has 2 heterocycles. The Hall–Kier alpha value is -2.16. The van der Waals surface area contributed by atoms with Crippen LogP contribution in [0.3, 0.4) is 0 Å². The third-order valence-electron chi connectivity index (χ3n) is 5.27. The van der Waals surface area contributed by atoms with Gasteiger partial charge in [-0.25, -0.2) is 4.39 Å². The van der Waals surface area contributed by atoms with E-state index in [1.54, 1.807) is 6.07 Å². The molecule has 30 heavy (non-hydrogen) atoms. The Bertz CT molecular complexity index is 894. The second-order valence-electron chi connectivity index (χ2n) is 7.56. The fourth-order valence-corrected chi connectivity index (χ4v) is 4.16. The standard InChI is InChI=1S/C22H25BrFN3O3/c23-18-12-20-21(30-11-10-29-20)13-19(18)25-22(28)15-27-7-1-6-26(8-9-27)14-16-2-4-17(24)5-3-16/h2-5,12-13H,1,6-11,14-15H2,(H,25,28). The summed E-state index contributed by atoms with van der Waals surface area (Å²) in [4.78, 5) is 17.1. The Morgan fingerprint density at radius 3 is 2.43 bits per heavy atom. The molecule has 6 nitrogen and oxygen atoms in total. The van der Waals surface area contributed by atoms with Crippen LogP contribution in [-0.4, -0.2) is 61.6 Å². The summed E-state index contributed by atoms with van der Waals surface area (Å²) in [6.45, 7) is 5.69. The molecule has 160 valence electrons. The van der Waals surface area contributed by atoms with Gasteiger partial charge in [0, 0.05) is 36.2 Å². The summed E-state index contributed by atoms with van der Waals surface area (Å²) in [5, 5.41) is 2.97. The van der Waals surface area contributed by atoms with Crippen molar-refractivity contribution >= 4 is 27.5 Å². The van der Waals surface area contributed by atoms with Gasteiger partial charge < -0.3 is 14.8 Å². The summed E-state index contributed by atoms with van der Waals surface area (Å²) in [7, 11) is 0. The molecule has 0 atom stereocenters. The maximum absolute atomic E-state index is 13.1. The molecule has 0 radical (unpaired) electrons. The predicted molar refractivity (Wildman–Crippen MR) is 116 cm³/mol. The molecular weight excluding hydrogens is 453 g/mol. The first-order valence-electron chi connectivity index (χ1n) is 10.1. The quantitative estimate of drug-likeness (QED) is 0.713. The third-order valence-corrected chi connectivity index (χ3v) is 5.93. The number of halogens is 2. The zero-order valence-electron chi connectivity index (χ0n) is 16.7. The van der Waals surface area contributed by atoms with Crippen molar-refractivity contribution in [1.82, 2.24) is 9.80 Å². The highest BCUT2D eigenvalue weighted by Gasteiger charge is 2.19. The molecule has 4 rings (SSSR count). The number of anilines is 1. The largest absolute Gasteiger partial charge is 0.486 e. The molecule has 1 saturated heterocycles. The average Bonchev–Trinajstić information content (AvgIpc) is 2.95. The zero-order chi connectivity index (χ0) is 20.9. The van der Waals surface area contributed by atoms with Crippen LogP contribution in [0.2, 0.25) is 0 Å². The van der Waals surface area contributed by atoms with Crippen molar-refractivity contribution in [3.8, 4) is 11.5 Å². The lowest BCUT2D eigenvalue weighted by Crippen LogP contribution is -2.36. The molecule has 0 aromatic heterocycles. The Morgan fingerprint density at radius 1 is 1.00 bits per heavy atom. The van der Waals surface area contributed by atoms with Crippen LogP contribution < -0.4 is 14.8 Å². The number of ether oxygens (including phenoxy) is 2. The average molecular weight is 478 g/mol. The number of carbonyl (C=O) groups excluding carboxylic acids is 1. The van der Waals surface area contributed by atoms with E-state index in [1.807, 2.05) is 18.2 Å². The summed E-state index contributed by atoms with van der Waals surface area (Å²) in [6, 6.07) is 10.3. The van der Waals surface area contributed by atoms with Crippen molar-refractivity contribution in [2.24, 2.45) is 0 Å². The first-order valence-corrected chi connectivity index (χ1v) is 10.9. The summed E-state index contributed by atoms with van der Waals surface area (Å²) < 4.78 is 25.0. The maximum Gasteiger partial charge on any atom is 0.238 e. The maximum atomic E-state index is 13.1. The Labute approximate surface area is 184 Å². The van der Waals surface area contributed by atoms with Crippen LogP contribution >= 0.6 is 15.9 Å². The highest BCUT2D eigenvalue weighted by Crippen LogP contribution is 2.38. The van der Waals surface area contributed by atoms with E-state index in [0.717, 1.165) is 49.2 Å². The minimum atomic E-state index is -0.212. The molecule has 1 N–H and O–H groups in total. The van der Waals surface area contributed by atoms with Crippen LogP contribution in [-0.2, 0) is 11.3 Å². The van der Waals surface area contributed by atoms with Crippen molar-refractivity contribution in [2.75, 3.05) is 51.3 Å². The van der Waals surface area contributed by atoms with E-state index >= 15 is 0 Å². The molecule has 2 aromatic carbocycles. The van der Waals surface area contributed by atoms with Crippen molar-refractivity contribution in [2.45, 2.75) is 13.0 Å². The van der Waals surface area contributed by atoms with E-state index in [0.29, 0.717) is 36.9 Å². The molecule has 2 aliphatic rings. The number of carbonyl (C=O) groups is 1. The minimum Gasteiger partial charge on any atom is -0.486 e. The number of nitrogens with one attached hydrogen (secondary N) is 1. The number of amides is 1. The predicted octanol–water partition coefficient (Wildman–Crippen LogP) is 3.51. The van der Waals surface area contributed by atoms with E-state index < -0.39 is 0 Å². The summed E-state index contributed by atoms with van der Waals surface area (Å²) in [5.74, 6) is 1.06. The molecule has 2 aromatic rings. The lowest BCUT2D eigenvalue weighted by molar-refractivity contribution is -0.117. The number of benzene rings is 2. The molecule has 0 unspecified atom stereocenters. The number of hydrogen-bond donors (Lipinski definition) is 1. The molecule has 0 spiro atoms. The molecule has 1 fully saturated rings. The molecule has 0 saturated carbocycles. The lowest BCUT2D eigenvalue weighted by Gasteiger charge is -2.22. The van der Waals surface area contributed by atoms with Gasteiger partial charge in [0.2, 0.25) is 5.91 Å². The van der Waals surface area contributed by atoms with Gasteiger partial charge in [-0.15, -0.1) is 0 Å². The topological polar surface area (TPSA) is 54.0 Å². The Kier molecular flexibility index (Phi) is 6.86. The van der Waals surface area contributed by atoms with Crippen LogP contribution in [0.4, 0.5) is 10.1 Å². The van der Waals surface area contributed by atoms with Gasteiger partial charge in [-0.1, -0.05) is 12.1 Å². The van der Waals surface area contributed by atoms with Gasteiger partial charge in [0.15, 0.2) is 11.5 Å². The van der Waals surface area contributed by atoms with Crippen molar-refractivity contribution < 1.29 is 18.7 Å². The Balaban J connectivity index is 1.29. The molecule has 0 bridgehead atoms. The van der Waals surface area contributed by atoms with E-state index in [4.69, 9.17) is 9.47 Å². The molecule has 8 heteroatoms. The monoisotopic (exact) mass is 477 g/mol. The second-order valence-corrected chi connectivity index (χ2v) is 8.41. The fourth-order valence-electron chi connectivity index (χ4n) is 3.74. The highest BCUT2D eigenvalue weighted by atomic mass is 79.9. The van der Waals surface area contributed by atoms with Gasteiger partial charge in [0.05, 0.1) is 12.2 Å². The normalized spacial score (nSPS) is 17.4. The minimum absolute atomic E-state index is 0.0561. The van der Waals surface area contributed by atoms with Crippen LogP contribution in [0, 0.1) is 5.82 Å². The van der Waals surface area contributed by atoms with E-state index in [-0.39, 0.29) is 11.7 Å². The van der Waals surface area contributed by atoms with Crippen LogP contribution in [0.15, 0.2) is 40.9 Å². The smallest absolute Gasteiger partial charge is 0.238 e. The van der Waals surface area contributed by atoms with Crippen LogP contribution in [0.25, 0.3) is 0 Å². The lowest BCUT2D eigenvalue weighted by atomic mass is 10.2. The van der Waals surface area contributed by atoms with E-state index in [1.165, 1.54) is 12.1 Å². The van der Waals surface area contributed by atoms with Crippen molar-refractivity contribution in [3.63, 3.8) is 0 Å². The molecule has 2 aliphatic heterocycles. The number of fused-ring (bicyclic) bond motifs is 1. The molecular formula is C22H25BrFN3O3. The van der Waals surface area contributed by atoms with Gasteiger partial charge in [0.25, 0.3) is 0 Å². The fraction of sp³-hybridized carbons (Fsp3) is 0.409. The summed E-state index contributed by atoms with van der Waals surface area (Å²) in [5.41, 5.74) is 1.78. The van der Waals surface area contributed by atoms with Gasteiger partial charge >= 0.3 is 0 Å². The highest BCUT2D eigenvalue weighted by molar-refractivity contribution is 9.10. The van der Waals surface area contributed by atoms with Crippen LogP contribution in [0.5, 0.6) is 11.5 Å². The zero-order valence-corrected chi connectivity index (χ0v) is 18.3. The van der Waals surface area contributed by atoms with Crippen molar-refractivity contribution in [1.29, 1.82) is 0 Å². The number of rotatable bonds is 5. The molecule has 1 amide bonds. The van der Waals surface area contributed by atoms with Gasteiger partial charge in [-0.05, 0) is 53.1 Å². The first-order chi connectivity index (χ1) is 14.6. The third kappa shape index (κ3) is 5.50. The second kappa shape index (κ2) is 9.76. The van der Waals surface area contributed by atoms with Gasteiger partial charge in [-0.2, -0.15) is 0 Å². The first kappa shape index (κ1) is 21.1. The Morgan fingerprint density at radius 2 is 1.67 bits per heavy atom.